The molecule has 80 valence electrons. The van der Waals surface area contributed by atoms with Gasteiger partial charge in [-0.2, -0.15) is 0 Å². The maximum absolute atomic E-state index is 5.90. The van der Waals surface area contributed by atoms with Gasteiger partial charge in [-0.1, -0.05) is 0 Å². The molecule has 0 aliphatic carbocycles. The van der Waals surface area contributed by atoms with Crippen molar-refractivity contribution in [1.82, 2.24) is 9.38 Å². The summed E-state index contributed by atoms with van der Waals surface area (Å²) in [6.07, 6.45) is 3.53. The van der Waals surface area contributed by atoms with E-state index in [9.17, 15) is 0 Å². The van der Waals surface area contributed by atoms with Gasteiger partial charge in [-0.3, -0.25) is 4.40 Å². The molecule has 0 amide bonds. The van der Waals surface area contributed by atoms with E-state index in [0.29, 0.717) is 11.4 Å². The van der Waals surface area contributed by atoms with E-state index in [2.05, 4.69) is 20.9 Å². The van der Waals surface area contributed by atoms with Gasteiger partial charge in [0.2, 0.25) is 0 Å². The van der Waals surface area contributed by atoms with Crippen LogP contribution in [0.5, 0.6) is 0 Å². The summed E-state index contributed by atoms with van der Waals surface area (Å²) in [7, 11) is 0. The second kappa shape index (κ2) is 3.38. The Kier molecular flexibility index (Phi) is 2.00. The SMILES string of the molecule is Nc1cccn2c(-c3ccco3)nc(Br)c12. The van der Waals surface area contributed by atoms with E-state index in [4.69, 9.17) is 10.2 Å². The van der Waals surface area contributed by atoms with Crippen molar-refractivity contribution >= 4 is 27.1 Å². The Hall–Kier alpha value is -1.75. The van der Waals surface area contributed by atoms with Crippen molar-refractivity contribution in [3.63, 3.8) is 0 Å². The molecule has 0 saturated carbocycles. The summed E-state index contributed by atoms with van der Waals surface area (Å²) < 4.78 is 7.96. The van der Waals surface area contributed by atoms with Crippen LogP contribution in [0.4, 0.5) is 5.69 Å². The van der Waals surface area contributed by atoms with Crippen molar-refractivity contribution in [3.05, 3.63) is 41.3 Å². The molecule has 0 saturated heterocycles. The van der Waals surface area contributed by atoms with Gasteiger partial charge >= 0.3 is 0 Å². The number of furan rings is 1. The zero-order valence-corrected chi connectivity index (χ0v) is 9.81. The van der Waals surface area contributed by atoms with Crippen molar-refractivity contribution in [2.45, 2.75) is 0 Å². The minimum Gasteiger partial charge on any atom is -0.461 e. The van der Waals surface area contributed by atoms with Crippen molar-refractivity contribution in [2.75, 3.05) is 5.73 Å². The largest absolute Gasteiger partial charge is 0.461 e. The van der Waals surface area contributed by atoms with E-state index in [1.165, 1.54) is 0 Å². The van der Waals surface area contributed by atoms with Gasteiger partial charge in [0.25, 0.3) is 0 Å². The van der Waals surface area contributed by atoms with Gasteiger partial charge < -0.3 is 10.2 Å². The molecular weight excluding hydrogens is 270 g/mol. The Morgan fingerprint density at radius 3 is 2.94 bits per heavy atom. The number of anilines is 1. The predicted molar refractivity (Wildman–Crippen MR) is 65.0 cm³/mol. The number of hydrogen-bond donors (Lipinski definition) is 1. The standard InChI is InChI=1S/C11H8BrN3O/c12-10-9-7(13)3-1-5-15(9)11(14-10)8-4-2-6-16-8/h1-6H,13H2. The molecule has 0 unspecified atom stereocenters. The first-order valence-corrected chi connectivity index (χ1v) is 5.52. The molecule has 3 aromatic heterocycles. The van der Waals surface area contributed by atoms with Crippen LogP contribution in [0.15, 0.2) is 45.7 Å². The van der Waals surface area contributed by atoms with Crippen LogP contribution in [0.3, 0.4) is 0 Å². The number of hydrogen-bond acceptors (Lipinski definition) is 3. The van der Waals surface area contributed by atoms with Gasteiger partial charge in [0, 0.05) is 6.20 Å². The highest BCUT2D eigenvalue weighted by Crippen LogP contribution is 2.29. The minimum absolute atomic E-state index is 0.680. The van der Waals surface area contributed by atoms with Crippen LogP contribution in [0.25, 0.3) is 17.1 Å². The zero-order chi connectivity index (χ0) is 11.1. The first-order valence-electron chi connectivity index (χ1n) is 4.73. The number of halogens is 1. The fraction of sp³-hybridized carbons (Fsp3) is 0. The van der Waals surface area contributed by atoms with E-state index >= 15 is 0 Å². The molecule has 3 aromatic rings. The normalized spacial score (nSPS) is 11.1. The van der Waals surface area contributed by atoms with Crippen LogP contribution < -0.4 is 5.73 Å². The van der Waals surface area contributed by atoms with Crippen LogP contribution in [-0.2, 0) is 0 Å². The maximum atomic E-state index is 5.90. The Balaban J connectivity index is 2.40. The van der Waals surface area contributed by atoms with Gasteiger partial charge in [0.15, 0.2) is 11.6 Å². The number of pyridine rings is 1. The molecule has 0 aromatic carbocycles. The van der Waals surface area contributed by atoms with Crippen LogP contribution in [0.2, 0.25) is 0 Å². The van der Waals surface area contributed by atoms with Crippen molar-refractivity contribution in [3.8, 4) is 11.6 Å². The second-order valence-electron chi connectivity index (χ2n) is 3.39. The summed E-state index contributed by atoms with van der Waals surface area (Å²) in [5, 5.41) is 0. The minimum atomic E-state index is 0.680. The predicted octanol–water partition coefficient (Wildman–Crippen LogP) is 2.94. The third-order valence-corrected chi connectivity index (χ3v) is 2.95. The van der Waals surface area contributed by atoms with Gasteiger partial charge in [-0.25, -0.2) is 4.98 Å². The molecule has 0 aliphatic heterocycles. The van der Waals surface area contributed by atoms with Gasteiger partial charge in [0.05, 0.1) is 12.0 Å². The molecule has 3 heterocycles. The fourth-order valence-electron chi connectivity index (χ4n) is 1.70. The Bertz CT molecular complexity index is 643. The smallest absolute Gasteiger partial charge is 0.182 e. The molecular formula is C11H8BrN3O. The molecule has 0 radical (unpaired) electrons. The summed E-state index contributed by atoms with van der Waals surface area (Å²) in [6, 6.07) is 7.41. The third kappa shape index (κ3) is 1.25. The highest BCUT2D eigenvalue weighted by Gasteiger charge is 2.14. The molecule has 4 nitrogen and oxygen atoms in total. The summed E-state index contributed by atoms with van der Waals surface area (Å²) >= 11 is 3.40. The summed E-state index contributed by atoms with van der Waals surface area (Å²) in [5.74, 6) is 1.45. The van der Waals surface area contributed by atoms with Crippen LogP contribution in [0, 0.1) is 0 Å². The number of nitrogens with zero attached hydrogens (tertiary/aromatic N) is 2. The van der Waals surface area contributed by atoms with Gasteiger partial charge in [-0.15, -0.1) is 0 Å². The lowest BCUT2D eigenvalue weighted by atomic mass is 10.3. The third-order valence-electron chi connectivity index (χ3n) is 2.39. The van der Waals surface area contributed by atoms with Gasteiger partial charge in [-0.05, 0) is 40.2 Å². The fourth-order valence-corrected chi connectivity index (χ4v) is 2.29. The molecule has 0 spiro atoms. The summed E-state index contributed by atoms with van der Waals surface area (Å²) in [4.78, 5) is 4.40. The van der Waals surface area contributed by atoms with E-state index in [-0.39, 0.29) is 0 Å². The first-order chi connectivity index (χ1) is 7.77. The average molecular weight is 278 g/mol. The van der Waals surface area contributed by atoms with E-state index in [1.807, 2.05) is 34.9 Å². The van der Waals surface area contributed by atoms with Crippen molar-refractivity contribution in [1.29, 1.82) is 0 Å². The molecule has 2 N–H and O–H groups in total. The molecule has 0 fully saturated rings. The van der Waals surface area contributed by atoms with E-state index in [1.54, 1.807) is 6.26 Å². The Morgan fingerprint density at radius 1 is 1.31 bits per heavy atom. The molecule has 0 atom stereocenters. The Morgan fingerprint density at radius 2 is 2.19 bits per heavy atom. The molecule has 5 heteroatoms. The molecule has 0 bridgehead atoms. The van der Waals surface area contributed by atoms with Crippen LogP contribution in [-0.4, -0.2) is 9.38 Å². The first kappa shape index (κ1) is 9.47. The second-order valence-corrected chi connectivity index (χ2v) is 4.14. The zero-order valence-electron chi connectivity index (χ0n) is 8.22. The Labute approximate surface area is 99.8 Å². The number of nitrogens with two attached hydrogens (primary N) is 1. The number of rotatable bonds is 1. The van der Waals surface area contributed by atoms with Gasteiger partial charge in [0.1, 0.15) is 10.1 Å². The molecule has 0 aliphatic rings. The summed E-state index contributed by atoms with van der Waals surface area (Å²) in [6.45, 7) is 0. The van der Waals surface area contributed by atoms with Crippen LogP contribution in [0.1, 0.15) is 0 Å². The van der Waals surface area contributed by atoms with Crippen molar-refractivity contribution in [2.24, 2.45) is 0 Å². The molecule has 16 heavy (non-hydrogen) atoms. The lowest BCUT2D eigenvalue weighted by Gasteiger charge is -1.99. The topological polar surface area (TPSA) is 56.5 Å². The highest BCUT2D eigenvalue weighted by molar-refractivity contribution is 9.10. The number of imidazole rings is 1. The maximum Gasteiger partial charge on any atom is 0.182 e. The quantitative estimate of drug-likeness (QED) is 0.744. The van der Waals surface area contributed by atoms with Crippen molar-refractivity contribution < 1.29 is 4.42 Å². The average Bonchev–Trinajstić information content (AvgIpc) is 2.86. The number of aromatic nitrogens is 2. The lowest BCUT2D eigenvalue weighted by Crippen LogP contribution is -1.92. The number of fused-ring (bicyclic) bond motifs is 1. The highest BCUT2D eigenvalue weighted by atomic mass is 79.9. The van der Waals surface area contributed by atoms with E-state index < -0.39 is 0 Å². The molecule has 3 rings (SSSR count). The summed E-state index contributed by atoms with van der Waals surface area (Å²) in [5.41, 5.74) is 7.44. The lowest BCUT2D eigenvalue weighted by molar-refractivity contribution is 0.577. The van der Waals surface area contributed by atoms with E-state index in [0.717, 1.165) is 15.9 Å². The number of nitrogen functional groups attached to an aromatic ring is 1. The van der Waals surface area contributed by atoms with Crippen LogP contribution >= 0.6 is 15.9 Å². The monoisotopic (exact) mass is 277 g/mol.